The molecule has 2 rings (SSSR count). The van der Waals surface area contributed by atoms with E-state index >= 15 is 0 Å². The largest absolute Gasteiger partial charge is 0.322 e. The summed E-state index contributed by atoms with van der Waals surface area (Å²) < 4.78 is 0. The van der Waals surface area contributed by atoms with E-state index < -0.39 is 0 Å². The SMILES string of the molecule is CCC(=O)c1cc(=O)[nH]c2ccccc12. The Kier molecular flexibility index (Phi) is 2.37. The zero-order chi connectivity index (χ0) is 10.8. The fraction of sp³-hybridized carbons (Fsp3) is 0.167. The number of carbonyl (C=O) groups excluding carboxylic acids is 1. The summed E-state index contributed by atoms with van der Waals surface area (Å²) >= 11 is 0. The number of H-pyrrole nitrogens is 1. The third-order valence-corrected chi connectivity index (χ3v) is 2.37. The lowest BCUT2D eigenvalue weighted by Crippen LogP contribution is -2.09. The van der Waals surface area contributed by atoms with Gasteiger partial charge in [-0.1, -0.05) is 25.1 Å². The maximum atomic E-state index is 11.6. The lowest BCUT2D eigenvalue weighted by molar-refractivity contribution is 0.0989. The van der Waals surface area contributed by atoms with E-state index in [9.17, 15) is 9.59 Å². The number of aromatic nitrogens is 1. The molecule has 0 atom stereocenters. The molecular weight excluding hydrogens is 190 g/mol. The number of hydrogen-bond donors (Lipinski definition) is 1. The number of pyridine rings is 1. The van der Waals surface area contributed by atoms with E-state index in [0.717, 1.165) is 5.39 Å². The second-order valence-electron chi connectivity index (χ2n) is 3.37. The smallest absolute Gasteiger partial charge is 0.249 e. The van der Waals surface area contributed by atoms with Crippen LogP contribution in [0.2, 0.25) is 0 Å². The molecule has 0 unspecified atom stereocenters. The molecule has 1 heterocycles. The predicted octanol–water partition coefficient (Wildman–Crippen LogP) is 2.12. The first kappa shape index (κ1) is 9.65. The van der Waals surface area contributed by atoms with Crippen LogP contribution in [0.25, 0.3) is 10.9 Å². The topological polar surface area (TPSA) is 49.9 Å². The van der Waals surface area contributed by atoms with Crippen LogP contribution in [-0.2, 0) is 0 Å². The molecule has 0 saturated carbocycles. The molecule has 2 aromatic rings. The number of aromatic amines is 1. The predicted molar refractivity (Wildman–Crippen MR) is 59.2 cm³/mol. The quantitative estimate of drug-likeness (QED) is 0.756. The molecule has 0 spiro atoms. The Bertz CT molecular complexity index is 569. The fourth-order valence-corrected chi connectivity index (χ4v) is 1.63. The van der Waals surface area contributed by atoms with Gasteiger partial charge in [0.2, 0.25) is 5.56 Å². The molecule has 76 valence electrons. The minimum Gasteiger partial charge on any atom is -0.322 e. The Labute approximate surface area is 86.8 Å². The molecule has 15 heavy (non-hydrogen) atoms. The Morgan fingerprint density at radius 3 is 2.80 bits per heavy atom. The third kappa shape index (κ3) is 1.68. The first-order valence-electron chi connectivity index (χ1n) is 4.87. The molecular formula is C12H11NO2. The van der Waals surface area contributed by atoms with Gasteiger partial charge in [0.05, 0.1) is 0 Å². The van der Waals surface area contributed by atoms with Gasteiger partial charge >= 0.3 is 0 Å². The monoisotopic (exact) mass is 201 g/mol. The summed E-state index contributed by atoms with van der Waals surface area (Å²) in [6, 6.07) is 8.69. The van der Waals surface area contributed by atoms with E-state index in [1.54, 1.807) is 13.0 Å². The van der Waals surface area contributed by atoms with Gasteiger partial charge in [-0.2, -0.15) is 0 Å². The Hall–Kier alpha value is -1.90. The Morgan fingerprint density at radius 2 is 2.07 bits per heavy atom. The molecule has 0 aliphatic heterocycles. The lowest BCUT2D eigenvalue weighted by Gasteiger charge is -2.03. The van der Waals surface area contributed by atoms with Crippen LogP contribution in [0.1, 0.15) is 23.7 Å². The summed E-state index contributed by atoms with van der Waals surface area (Å²) in [6.45, 7) is 1.79. The van der Waals surface area contributed by atoms with Crippen LogP contribution in [-0.4, -0.2) is 10.8 Å². The van der Waals surface area contributed by atoms with Gasteiger partial charge in [-0.15, -0.1) is 0 Å². The summed E-state index contributed by atoms with van der Waals surface area (Å²) in [5, 5.41) is 0.809. The highest BCUT2D eigenvalue weighted by molar-refractivity contribution is 6.06. The van der Waals surface area contributed by atoms with E-state index in [2.05, 4.69) is 4.98 Å². The number of fused-ring (bicyclic) bond motifs is 1. The van der Waals surface area contributed by atoms with Crippen molar-refractivity contribution in [3.8, 4) is 0 Å². The van der Waals surface area contributed by atoms with Gasteiger partial charge < -0.3 is 4.98 Å². The van der Waals surface area contributed by atoms with Crippen molar-refractivity contribution in [2.24, 2.45) is 0 Å². The maximum Gasteiger partial charge on any atom is 0.249 e. The molecule has 1 N–H and O–H groups in total. The molecule has 1 aromatic heterocycles. The highest BCUT2D eigenvalue weighted by Crippen LogP contribution is 2.15. The number of Topliss-reactive ketones (excluding diaryl/α,β-unsaturated/α-hetero) is 1. The van der Waals surface area contributed by atoms with Crippen LogP contribution < -0.4 is 5.56 Å². The molecule has 0 amide bonds. The van der Waals surface area contributed by atoms with Gasteiger partial charge in [-0.3, -0.25) is 9.59 Å². The van der Waals surface area contributed by atoms with Crippen molar-refractivity contribution in [3.63, 3.8) is 0 Å². The van der Waals surface area contributed by atoms with Crippen molar-refractivity contribution in [1.82, 2.24) is 4.98 Å². The first-order valence-corrected chi connectivity index (χ1v) is 4.87. The third-order valence-electron chi connectivity index (χ3n) is 2.37. The van der Waals surface area contributed by atoms with Crippen LogP contribution in [0.15, 0.2) is 35.1 Å². The van der Waals surface area contributed by atoms with E-state index in [1.165, 1.54) is 6.07 Å². The number of rotatable bonds is 2. The summed E-state index contributed by atoms with van der Waals surface area (Å²) in [4.78, 5) is 25.6. The first-order chi connectivity index (χ1) is 7.22. The van der Waals surface area contributed by atoms with E-state index in [1.807, 2.05) is 18.2 Å². The fourth-order valence-electron chi connectivity index (χ4n) is 1.63. The van der Waals surface area contributed by atoms with E-state index in [-0.39, 0.29) is 11.3 Å². The number of ketones is 1. The van der Waals surface area contributed by atoms with Crippen LogP contribution in [0.4, 0.5) is 0 Å². The second kappa shape index (κ2) is 3.69. The van der Waals surface area contributed by atoms with Gasteiger partial charge in [0.15, 0.2) is 5.78 Å². The molecule has 3 nitrogen and oxygen atoms in total. The zero-order valence-electron chi connectivity index (χ0n) is 8.41. The van der Waals surface area contributed by atoms with E-state index in [0.29, 0.717) is 17.5 Å². The minimum atomic E-state index is -0.231. The van der Waals surface area contributed by atoms with Crippen molar-refractivity contribution >= 4 is 16.7 Å². The van der Waals surface area contributed by atoms with Gasteiger partial charge in [0, 0.05) is 29.0 Å². The number of carbonyl (C=O) groups is 1. The van der Waals surface area contributed by atoms with Crippen molar-refractivity contribution in [1.29, 1.82) is 0 Å². The highest BCUT2D eigenvalue weighted by atomic mass is 16.1. The maximum absolute atomic E-state index is 11.6. The standard InChI is InChI=1S/C12H11NO2/c1-2-11(14)9-7-12(15)13-10-6-4-3-5-8(9)10/h3-7H,2H2,1H3,(H,13,15). The molecule has 1 aromatic carbocycles. The van der Waals surface area contributed by atoms with Crippen molar-refractivity contribution in [3.05, 3.63) is 46.2 Å². The van der Waals surface area contributed by atoms with Gasteiger partial charge in [-0.05, 0) is 6.07 Å². The molecule has 0 bridgehead atoms. The summed E-state index contributed by atoms with van der Waals surface area (Å²) in [6.07, 6.45) is 0.410. The average molecular weight is 201 g/mol. The van der Waals surface area contributed by atoms with Crippen molar-refractivity contribution in [2.75, 3.05) is 0 Å². The average Bonchev–Trinajstić information content (AvgIpc) is 2.26. The molecule has 0 radical (unpaired) electrons. The van der Waals surface area contributed by atoms with Crippen molar-refractivity contribution in [2.45, 2.75) is 13.3 Å². The number of benzene rings is 1. The molecule has 0 saturated heterocycles. The summed E-state index contributed by atoms with van der Waals surface area (Å²) in [5.41, 5.74) is 0.990. The molecule has 3 heteroatoms. The lowest BCUT2D eigenvalue weighted by atomic mass is 10.0. The van der Waals surface area contributed by atoms with Crippen LogP contribution in [0.5, 0.6) is 0 Å². The molecule has 0 aliphatic rings. The second-order valence-corrected chi connectivity index (χ2v) is 3.37. The van der Waals surface area contributed by atoms with Gasteiger partial charge in [0.1, 0.15) is 0 Å². The summed E-state index contributed by atoms with van der Waals surface area (Å²) in [7, 11) is 0. The molecule has 0 aliphatic carbocycles. The normalized spacial score (nSPS) is 10.5. The van der Waals surface area contributed by atoms with Crippen LogP contribution >= 0.6 is 0 Å². The van der Waals surface area contributed by atoms with Gasteiger partial charge in [-0.25, -0.2) is 0 Å². The number of para-hydroxylation sites is 1. The van der Waals surface area contributed by atoms with Gasteiger partial charge in [0.25, 0.3) is 0 Å². The van der Waals surface area contributed by atoms with Crippen LogP contribution in [0.3, 0.4) is 0 Å². The highest BCUT2D eigenvalue weighted by Gasteiger charge is 2.08. The molecule has 0 fully saturated rings. The Balaban J connectivity index is 2.82. The zero-order valence-corrected chi connectivity index (χ0v) is 8.41. The minimum absolute atomic E-state index is 0.00250. The number of nitrogens with one attached hydrogen (secondary N) is 1. The van der Waals surface area contributed by atoms with Crippen molar-refractivity contribution < 1.29 is 4.79 Å². The Morgan fingerprint density at radius 1 is 1.33 bits per heavy atom. The van der Waals surface area contributed by atoms with Crippen LogP contribution in [0, 0.1) is 0 Å². The number of hydrogen-bond acceptors (Lipinski definition) is 2. The van der Waals surface area contributed by atoms with E-state index in [4.69, 9.17) is 0 Å². The summed E-state index contributed by atoms with van der Waals surface area (Å²) in [5.74, 6) is -0.00250.